The van der Waals surface area contributed by atoms with Crippen LogP contribution in [0.25, 0.3) is 11.1 Å². The van der Waals surface area contributed by atoms with Gasteiger partial charge in [-0.25, -0.2) is 0 Å². The zero-order valence-electron chi connectivity index (χ0n) is 18.0. The number of anilines is 1. The molecule has 31 heavy (non-hydrogen) atoms. The summed E-state index contributed by atoms with van der Waals surface area (Å²) in [5.41, 5.74) is 3.94. The molecule has 1 fully saturated rings. The Morgan fingerprint density at radius 1 is 1.06 bits per heavy atom. The van der Waals surface area contributed by atoms with Gasteiger partial charge >= 0.3 is 0 Å². The van der Waals surface area contributed by atoms with Crippen molar-refractivity contribution < 1.29 is 4.74 Å². The lowest BCUT2D eigenvalue weighted by Crippen LogP contribution is -2.38. The Balaban J connectivity index is 1.48. The topological polar surface area (TPSA) is 67.0 Å². The molecule has 0 N–H and O–H groups in total. The van der Waals surface area contributed by atoms with E-state index < -0.39 is 0 Å². The summed E-state index contributed by atoms with van der Waals surface area (Å²) >= 11 is 1.72. The van der Waals surface area contributed by atoms with Gasteiger partial charge in [-0.05, 0) is 28.7 Å². The Bertz CT molecular complexity index is 1050. The second kappa shape index (κ2) is 9.99. The Labute approximate surface area is 187 Å². The van der Waals surface area contributed by atoms with Crippen LogP contribution in [0.15, 0.2) is 53.7 Å². The molecule has 0 bridgehead atoms. The van der Waals surface area contributed by atoms with E-state index in [1.165, 1.54) is 5.56 Å². The molecule has 3 aromatic rings. The minimum Gasteiger partial charge on any atom is -0.378 e. The monoisotopic (exact) mass is 433 g/mol. The van der Waals surface area contributed by atoms with Crippen molar-refractivity contribution in [2.24, 2.45) is 5.92 Å². The highest BCUT2D eigenvalue weighted by Gasteiger charge is 2.21. The molecule has 0 saturated carbocycles. The van der Waals surface area contributed by atoms with Crippen LogP contribution in [-0.2, 0) is 17.0 Å². The molecule has 1 aliphatic rings. The third kappa shape index (κ3) is 5.09. The van der Waals surface area contributed by atoms with Gasteiger partial charge in [-0.15, -0.1) is 10.2 Å². The summed E-state index contributed by atoms with van der Waals surface area (Å²) in [4.78, 5) is 2.27. The fraction of sp³-hybridized carbons (Fsp3) is 0.375. The molecular weight excluding hydrogens is 406 g/mol. The van der Waals surface area contributed by atoms with E-state index in [0.717, 1.165) is 60.8 Å². The third-order valence-electron chi connectivity index (χ3n) is 5.22. The SMILES string of the molecule is CC(C)Cn1c(SCc2ccc(-c3ccccc3C#N)cc2)nnc1N1CCOCC1. The summed E-state index contributed by atoms with van der Waals surface area (Å²) in [6.45, 7) is 8.51. The van der Waals surface area contributed by atoms with Crippen LogP contribution in [0.3, 0.4) is 0 Å². The minimum absolute atomic E-state index is 0.509. The first-order chi connectivity index (χ1) is 15.2. The molecule has 0 amide bonds. The molecule has 1 aromatic heterocycles. The van der Waals surface area contributed by atoms with Crippen LogP contribution in [0, 0.1) is 17.2 Å². The lowest BCUT2D eigenvalue weighted by Gasteiger charge is -2.28. The zero-order valence-corrected chi connectivity index (χ0v) is 18.8. The first-order valence-electron chi connectivity index (χ1n) is 10.6. The Hall–Kier alpha value is -2.82. The summed E-state index contributed by atoms with van der Waals surface area (Å²) in [7, 11) is 0. The van der Waals surface area contributed by atoms with E-state index in [1.54, 1.807) is 11.8 Å². The molecule has 0 spiro atoms. The molecule has 0 radical (unpaired) electrons. The average Bonchev–Trinajstić information content (AvgIpc) is 3.20. The molecule has 1 saturated heterocycles. The van der Waals surface area contributed by atoms with Crippen molar-refractivity contribution in [2.75, 3.05) is 31.2 Å². The van der Waals surface area contributed by atoms with Crippen molar-refractivity contribution in [2.45, 2.75) is 31.3 Å². The highest BCUT2D eigenvalue weighted by atomic mass is 32.2. The molecule has 0 unspecified atom stereocenters. The Morgan fingerprint density at radius 3 is 2.52 bits per heavy atom. The Morgan fingerprint density at radius 2 is 1.81 bits per heavy atom. The molecule has 6 nitrogen and oxygen atoms in total. The van der Waals surface area contributed by atoms with E-state index in [2.05, 4.69) is 63.8 Å². The van der Waals surface area contributed by atoms with Crippen molar-refractivity contribution in [1.29, 1.82) is 5.26 Å². The molecule has 2 aromatic carbocycles. The maximum absolute atomic E-state index is 9.35. The van der Waals surface area contributed by atoms with Gasteiger partial charge in [0.15, 0.2) is 5.16 Å². The van der Waals surface area contributed by atoms with Crippen molar-refractivity contribution in [3.05, 3.63) is 59.7 Å². The second-order valence-corrected chi connectivity index (χ2v) is 8.97. The molecule has 160 valence electrons. The van der Waals surface area contributed by atoms with Crippen molar-refractivity contribution in [1.82, 2.24) is 14.8 Å². The quantitative estimate of drug-likeness (QED) is 0.507. The van der Waals surface area contributed by atoms with Crippen molar-refractivity contribution in [3.8, 4) is 17.2 Å². The number of aromatic nitrogens is 3. The van der Waals surface area contributed by atoms with Crippen molar-refractivity contribution >= 4 is 17.7 Å². The van der Waals surface area contributed by atoms with Crippen LogP contribution in [-0.4, -0.2) is 41.1 Å². The van der Waals surface area contributed by atoms with Crippen molar-refractivity contribution in [3.63, 3.8) is 0 Å². The zero-order chi connectivity index (χ0) is 21.6. The number of morpholine rings is 1. The summed E-state index contributed by atoms with van der Waals surface area (Å²) < 4.78 is 7.74. The molecule has 0 atom stereocenters. The van der Waals surface area contributed by atoms with Gasteiger partial charge in [0.05, 0.1) is 24.8 Å². The van der Waals surface area contributed by atoms with Crippen LogP contribution in [0.5, 0.6) is 0 Å². The summed E-state index contributed by atoms with van der Waals surface area (Å²) in [5, 5.41) is 19.3. The summed E-state index contributed by atoms with van der Waals surface area (Å²) in [6, 6.07) is 18.4. The minimum atomic E-state index is 0.509. The second-order valence-electron chi connectivity index (χ2n) is 8.03. The van der Waals surface area contributed by atoms with E-state index in [9.17, 15) is 5.26 Å². The van der Waals surface area contributed by atoms with Crippen LogP contribution in [0.1, 0.15) is 25.0 Å². The summed E-state index contributed by atoms with van der Waals surface area (Å²) in [6.07, 6.45) is 0. The van der Waals surface area contributed by atoms with Crippen LogP contribution < -0.4 is 4.90 Å². The van der Waals surface area contributed by atoms with Gasteiger partial charge < -0.3 is 9.64 Å². The lowest BCUT2D eigenvalue weighted by molar-refractivity contribution is 0.121. The number of hydrogen-bond acceptors (Lipinski definition) is 6. The van der Waals surface area contributed by atoms with E-state index in [4.69, 9.17) is 4.74 Å². The van der Waals surface area contributed by atoms with E-state index in [-0.39, 0.29) is 0 Å². The largest absolute Gasteiger partial charge is 0.378 e. The molecular formula is C24H27N5OS. The van der Waals surface area contributed by atoms with Gasteiger partial charge in [0, 0.05) is 25.4 Å². The Kier molecular flexibility index (Phi) is 6.90. The molecule has 0 aliphatic carbocycles. The number of benzene rings is 2. The van der Waals surface area contributed by atoms with E-state index in [1.807, 2.05) is 24.3 Å². The third-order valence-corrected chi connectivity index (χ3v) is 6.26. The van der Waals surface area contributed by atoms with Crippen LogP contribution >= 0.6 is 11.8 Å². The van der Waals surface area contributed by atoms with E-state index in [0.29, 0.717) is 11.5 Å². The molecule has 4 rings (SSSR count). The normalized spacial score (nSPS) is 14.1. The number of nitrogens with zero attached hydrogens (tertiary/aromatic N) is 5. The first-order valence-corrected chi connectivity index (χ1v) is 11.6. The van der Waals surface area contributed by atoms with E-state index >= 15 is 0 Å². The number of rotatable bonds is 7. The van der Waals surface area contributed by atoms with Gasteiger partial charge in [-0.1, -0.05) is 68.1 Å². The smallest absolute Gasteiger partial charge is 0.228 e. The van der Waals surface area contributed by atoms with Gasteiger partial charge in [-0.2, -0.15) is 5.26 Å². The first kappa shape index (κ1) is 21.4. The fourth-order valence-corrected chi connectivity index (χ4v) is 4.57. The van der Waals surface area contributed by atoms with Crippen LogP contribution in [0.2, 0.25) is 0 Å². The van der Waals surface area contributed by atoms with Gasteiger partial charge in [0.1, 0.15) is 0 Å². The standard InChI is InChI=1S/C24H27N5OS/c1-18(2)16-29-23(28-11-13-30-14-12-28)26-27-24(29)31-17-19-7-9-20(10-8-19)22-6-4-3-5-21(22)15-25/h3-10,18H,11-14,16-17H2,1-2H3. The number of nitriles is 1. The van der Waals surface area contributed by atoms with Crippen LogP contribution in [0.4, 0.5) is 5.95 Å². The maximum atomic E-state index is 9.35. The average molecular weight is 434 g/mol. The number of ether oxygens (including phenoxy) is 1. The maximum Gasteiger partial charge on any atom is 0.228 e. The van der Waals surface area contributed by atoms with Gasteiger partial charge in [0.25, 0.3) is 0 Å². The number of hydrogen-bond donors (Lipinski definition) is 0. The number of thioether (sulfide) groups is 1. The lowest BCUT2D eigenvalue weighted by atomic mass is 10.00. The molecule has 1 aliphatic heterocycles. The predicted molar refractivity (Wildman–Crippen MR) is 124 cm³/mol. The molecule has 2 heterocycles. The summed E-state index contributed by atoms with van der Waals surface area (Å²) in [5.74, 6) is 2.28. The molecule has 7 heteroatoms. The highest BCUT2D eigenvalue weighted by Crippen LogP contribution is 2.28. The van der Waals surface area contributed by atoms with Gasteiger partial charge in [0.2, 0.25) is 5.95 Å². The fourth-order valence-electron chi connectivity index (χ4n) is 3.67. The highest BCUT2D eigenvalue weighted by molar-refractivity contribution is 7.98. The van der Waals surface area contributed by atoms with Gasteiger partial charge in [-0.3, -0.25) is 4.57 Å². The predicted octanol–water partition coefficient (Wildman–Crippen LogP) is 4.60.